The van der Waals surface area contributed by atoms with Crippen molar-refractivity contribution >= 4 is 5.91 Å². The Balaban J connectivity index is 1.48. The number of H-pyrrole nitrogens is 1. The van der Waals surface area contributed by atoms with Crippen LogP contribution in [0.4, 0.5) is 0 Å². The van der Waals surface area contributed by atoms with Crippen molar-refractivity contribution in [3.63, 3.8) is 0 Å². The monoisotopic (exact) mass is 342 g/mol. The molecule has 2 N–H and O–H groups in total. The van der Waals surface area contributed by atoms with Gasteiger partial charge >= 0.3 is 0 Å². The van der Waals surface area contributed by atoms with Crippen LogP contribution < -0.4 is 5.32 Å². The van der Waals surface area contributed by atoms with Gasteiger partial charge in [0.2, 0.25) is 5.91 Å². The zero-order valence-electron chi connectivity index (χ0n) is 14.9. The molecule has 1 saturated heterocycles. The molecule has 2 atom stereocenters. The fourth-order valence-corrected chi connectivity index (χ4v) is 3.21. The molecule has 134 valence electrons. The van der Waals surface area contributed by atoms with E-state index in [2.05, 4.69) is 58.6 Å². The number of hydrogen-bond donors (Lipinski definition) is 2. The summed E-state index contributed by atoms with van der Waals surface area (Å²) < 4.78 is 5.67. The van der Waals surface area contributed by atoms with Gasteiger partial charge in [0.1, 0.15) is 12.4 Å². The predicted molar refractivity (Wildman–Crippen MR) is 94.9 cm³/mol. The molecule has 1 aliphatic heterocycles. The van der Waals surface area contributed by atoms with Gasteiger partial charge in [0.05, 0.1) is 6.04 Å². The number of aryl methyl sites for hydroxylation is 1. The number of carbonyl (C=O) groups excluding carboxylic acids is 1. The minimum absolute atomic E-state index is 0.0473. The molecular weight excluding hydrogens is 316 g/mol. The van der Waals surface area contributed by atoms with Crippen molar-refractivity contribution in [2.45, 2.75) is 51.7 Å². The first-order valence-corrected chi connectivity index (χ1v) is 8.96. The van der Waals surface area contributed by atoms with E-state index >= 15 is 0 Å². The number of carbonyl (C=O) groups is 1. The number of hydrogen-bond acceptors (Lipinski definition) is 4. The summed E-state index contributed by atoms with van der Waals surface area (Å²) in [5, 5.41) is 9.75. The van der Waals surface area contributed by atoms with E-state index in [9.17, 15) is 4.79 Å². The molecule has 0 aliphatic carbocycles. The van der Waals surface area contributed by atoms with Crippen molar-refractivity contribution in [1.82, 2.24) is 20.5 Å². The van der Waals surface area contributed by atoms with E-state index in [1.54, 1.807) is 0 Å². The number of aromatic nitrogens is 3. The Morgan fingerprint density at radius 3 is 2.76 bits per heavy atom. The summed E-state index contributed by atoms with van der Waals surface area (Å²) >= 11 is 0. The summed E-state index contributed by atoms with van der Waals surface area (Å²) in [6, 6.07) is 8.53. The van der Waals surface area contributed by atoms with Crippen LogP contribution in [0.15, 0.2) is 30.6 Å². The van der Waals surface area contributed by atoms with Crippen LogP contribution in [0.5, 0.6) is 0 Å². The summed E-state index contributed by atoms with van der Waals surface area (Å²) in [5.41, 5.74) is 2.54. The highest BCUT2D eigenvalue weighted by Gasteiger charge is 2.32. The maximum absolute atomic E-state index is 12.3. The van der Waals surface area contributed by atoms with Gasteiger partial charge in [0.25, 0.3) is 0 Å². The second kappa shape index (κ2) is 8.25. The molecule has 25 heavy (non-hydrogen) atoms. The highest BCUT2D eigenvalue weighted by molar-refractivity contribution is 5.76. The van der Waals surface area contributed by atoms with Crippen LogP contribution in [-0.4, -0.2) is 33.7 Å². The Labute approximate surface area is 148 Å². The molecule has 1 aromatic heterocycles. The fraction of sp³-hybridized carbons (Fsp3) is 0.526. The normalized spacial score (nSPS) is 20.1. The summed E-state index contributed by atoms with van der Waals surface area (Å²) in [4.78, 5) is 16.4. The van der Waals surface area contributed by atoms with Crippen molar-refractivity contribution in [3.8, 4) is 0 Å². The molecule has 6 heteroatoms. The summed E-state index contributed by atoms with van der Waals surface area (Å²) in [5.74, 6) is 1.37. The van der Waals surface area contributed by atoms with Crippen molar-refractivity contribution in [3.05, 3.63) is 47.5 Å². The SMILES string of the molecule is CC(C)Cc1ccc(CCC(=O)N[C@@H]2CCO[C@@H]2c2ncn[nH]2)cc1. The largest absolute Gasteiger partial charge is 0.368 e. The van der Waals surface area contributed by atoms with Gasteiger partial charge in [-0.25, -0.2) is 4.98 Å². The molecule has 2 heterocycles. The van der Waals surface area contributed by atoms with E-state index in [1.807, 2.05) is 0 Å². The minimum Gasteiger partial charge on any atom is -0.368 e. The number of nitrogens with one attached hydrogen (secondary N) is 2. The number of amides is 1. The molecular formula is C19H26N4O2. The van der Waals surface area contributed by atoms with E-state index in [0.717, 1.165) is 19.3 Å². The lowest BCUT2D eigenvalue weighted by molar-refractivity contribution is -0.122. The Hall–Kier alpha value is -2.21. The van der Waals surface area contributed by atoms with Gasteiger partial charge in [-0.3, -0.25) is 9.89 Å². The van der Waals surface area contributed by atoms with Crippen molar-refractivity contribution < 1.29 is 9.53 Å². The standard InChI is InChI=1S/C19H26N4O2/c1-13(2)11-15-5-3-14(4-6-15)7-8-17(24)22-16-9-10-25-18(16)19-20-12-21-23-19/h3-6,12-13,16,18H,7-11H2,1-2H3,(H,22,24)(H,20,21,23)/t16-,18+/m1/s1. The van der Waals surface area contributed by atoms with Crippen LogP contribution in [0, 0.1) is 5.92 Å². The molecule has 1 amide bonds. The molecule has 0 saturated carbocycles. The highest BCUT2D eigenvalue weighted by atomic mass is 16.5. The average molecular weight is 342 g/mol. The minimum atomic E-state index is -0.234. The molecule has 0 spiro atoms. The van der Waals surface area contributed by atoms with Crippen molar-refractivity contribution in [2.24, 2.45) is 5.92 Å². The van der Waals surface area contributed by atoms with Crippen molar-refractivity contribution in [2.75, 3.05) is 6.61 Å². The lowest BCUT2D eigenvalue weighted by Crippen LogP contribution is -2.37. The van der Waals surface area contributed by atoms with Gasteiger partial charge in [-0.2, -0.15) is 5.10 Å². The van der Waals surface area contributed by atoms with E-state index in [-0.39, 0.29) is 18.1 Å². The maximum Gasteiger partial charge on any atom is 0.220 e. The zero-order chi connectivity index (χ0) is 17.6. The van der Waals surface area contributed by atoms with Crippen LogP contribution in [0.3, 0.4) is 0 Å². The number of rotatable bonds is 7. The summed E-state index contributed by atoms with van der Waals surface area (Å²) in [6.07, 6.45) is 4.32. The molecule has 3 rings (SSSR count). The van der Waals surface area contributed by atoms with Crippen LogP contribution in [0.1, 0.15) is 49.7 Å². The quantitative estimate of drug-likeness (QED) is 0.810. The summed E-state index contributed by atoms with van der Waals surface area (Å²) in [7, 11) is 0. The van der Waals surface area contributed by atoms with Crippen LogP contribution in [0.2, 0.25) is 0 Å². The van der Waals surface area contributed by atoms with Gasteiger partial charge in [-0.15, -0.1) is 0 Å². The average Bonchev–Trinajstić information content (AvgIpc) is 3.24. The number of ether oxygens (including phenoxy) is 1. The number of aromatic amines is 1. The second-order valence-corrected chi connectivity index (χ2v) is 7.04. The molecule has 0 unspecified atom stereocenters. The van der Waals surface area contributed by atoms with Gasteiger partial charge in [-0.1, -0.05) is 38.1 Å². The fourth-order valence-electron chi connectivity index (χ4n) is 3.21. The first kappa shape index (κ1) is 17.6. The maximum atomic E-state index is 12.3. The second-order valence-electron chi connectivity index (χ2n) is 7.04. The summed E-state index contributed by atoms with van der Waals surface area (Å²) in [6.45, 7) is 5.06. The smallest absolute Gasteiger partial charge is 0.220 e. The van der Waals surface area contributed by atoms with Crippen LogP contribution in [-0.2, 0) is 22.4 Å². The predicted octanol–water partition coefficient (Wildman–Crippen LogP) is 2.58. The number of benzene rings is 1. The number of nitrogens with zero attached hydrogens (tertiary/aromatic N) is 2. The third-order valence-electron chi connectivity index (χ3n) is 4.45. The Kier molecular flexibility index (Phi) is 5.81. The Morgan fingerprint density at radius 2 is 2.08 bits per heavy atom. The van der Waals surface area contributed by atoms with Gasteiger partial charge in [0.15, 0.2) is 5.82 Å². The topological polar surface area (TPSA) is 79.9 Å². The van der Waals surface area contributed by atoms with E-state index < -0.39 is 0 Å². The van der Waals surface area contributed by atoms with Crippen LogP contribution >= 0.6 is 0 Å². The molecule has 0 radical (unpaired) electrons. The lowest BCUT2D eigenvalue weighted by atomic mass is 10.0. The molecule has 0 bridgehead atoms. The third-order valence-corrected chi connectivity index (χ3v) is 4.45. The van der Waals surface area contributed by atoms with Crippen LogP contribution in [0.25, 0.3) is 0 Å². The van der Waals surface area contributed by atoms with E-state index in [4.69, 9.17) is 4.74 Å². The zero-order valence-corrected chi connectivity index (χ0v) is 14.9. The molecule has 2 aromatic rings. The van der Waals surface area contributed by atoms with Gasteiger partial charge < -0.3 is 10.1 Å². The highest BCUT2D eigenvalue weighted by Crippen LogP contribution is 2.26. The van der Waals surface area contributed by atoms with Gasteiger partial charge in [-0.05, 0) is 36.3 Å². The van der Waals surface area contributed by atoms with Crippen molar-refractivity contribution in [1.29, 1.82) is 0 Å². The Bertz CT molecular complexity index is 667. The first-order chi connectivity index (χ1) is 12.1. The lowest BCUT2D eigenvalue weighted by Gasteiger charge is -2.17. The molecule has 1 fully saturated rings. The Morgan fingerprint density at radius 1 is 1.32 bits per heavy atom. The third kappa shape index (κ3) is 4.89. The molecule has 6 nitrogen and oxygen atoms in total. The van der Waals surface area contributed by atoms with Gasteiger partial charge in [0, 0.05) is 13.0 Å². The van der Waals surface area contributed by atoms with E-state index in [0.29, 0.717) is 24.8 Å². The molecule has 1 aromatic carbocycles. The first-order valence-electron chi connectivity index (χ1n) is 8.96. The van der Waals surface area contributed by atoms with E-state index in [1.165, 1.54) is 17.5 Å². The molecule has 1 aliphatic rings.